The molecule has 1 aliphatic heterocycles. The van der Waals surface area contributed by atoms with Crippen LogP contribution in [0.3, 0.4) is 0 Å². The first kappa shape index (κ1) is 3.89. The van der Waals surface area contributed by atoms with Crippen molar-refractivity contribution in [3.8, 4) is 0 Å². The molecule has 2 bridgehead atoms. The van der Waals surface area contributed by atoms with E-state index in [1.54, 1.807) is 0 Å². The zero-order valence-electron chi connectivity index (χ0n) is 4.44. The Balaban J connectivity index is 2.66. The van der Waals surface area contributed by atoms with E-state index in [0.717, 1.165) is 12.2 Å². The fourth-order valence-electron chi connectivity index (χ4n) is 0.914. The molecule has 2 heterocycles. The first-order valence-corrected chi connectivity index (χ1v) is 2.71. The van der Waals surface area contributed by atoms with Crippen molar-refractivity contribution >= 4 is 12.0 Å². The van der Waals surface area contributed by atoms with Gasteiger partial charge >= 0.3 is 0 Å². The van der Waals surface area contributed by atoms with Crippen LogP contribution in [0.25, 0.3) is 0 Å². The van der Waals surface area contributed by atoms with E-state index in [9.17, 15) is 0 Å². The van der Waals surface area contributed by atoms with Gasteiger partial charge in [0.05, 0.1) is 12.6 Å². The molecule has 0 aromatic carbocycles. The second-order valence-electron chi connectivity index (χ2n) is 1.95. The molecule has 2 N–H and O–H groups in total. The zero-order valence-corrected chi connectivity index (χ0v) is 4.44. The lowest BCUT2D eigenvalue weighted by molar-refractivity contribution is -0.355. The van der Waals surface area contributed by atoms with Gasteiger partial charge in [0.25, 0.3) is 5.82 Å². The molecule has 0 amide bonds. The molecule has 2 rings (SSSR count). The Morgan fingerprint density at radius 1 is 1.50 bits per heavy atom. The molecule has 0 radical (unpaired) electrons. The Kier molecular flexibility index (Phi) is 0.592. The van der Waals surface area contributed by atoms with Gasteiger partial charge in [-0.25, -0.2) is 4.98 Å². The van der Waals surface area contributed by atoms with Crippen LogP contribution in [-0.2, 0) is 6.42 Å². The Hall–Kier alpha value is -1.05. The van der Waals surface area contributed by atoms with Crippen LogP contribution in [0, 0.1) is 0 Å². The van der Waals surface area contributed by atoms with Gasteiger partial charge in [0, 0.05) is 6.07 Å². The molecule has 0 saturated heterocycles. The molecule has 8 heavy (non-hydrogen) atoms. The van der Waals surface area contributed by atoms with E-state index >= 15 is 0 Å². The van der Waals surface area contributed by atoms with E-state index in [-0.39, 0.29) is 0 Å². The average molecular weight is 107 g/mol. The predicted molar refractivity (Wildman–Crippen MR) is 31.2 cm³/mol. The van der Waals surface area contributed by atoms with Gasteiger partial charge < -0.3 is 0 Å². The fraction of sp³-hybridized carbons (Fsp3) is 0.167. The third-order valence-electron chi connectivity index (χ3n) is 1.33. The van der Waals surface area contributed by atoms with Crippen LogP contribution in [0.4, 0.5) is 5.82 Å². The number of H-pyrrole nitrogens is 1. The lowest BCUT2D eigenvalue weighted by atomic mass is 10.3. The third kappa shape index (κ3) is 0.397. The Morgan fingerprint density at radius 3 is 3.25 bits per heavy atom. The van der Waals surface area contributed by atoms with E-state index in [2.05, 4.69) is 16.0 Å². The lowest BCUT2D eigenvalue weighted by Gasteiger charge is -1.86. The summed E-state index contributed by atoms with van der Waals surface area (Å²) < 4.78 is 0. The SMILES string of the molecule is C1=[NH+]c2ccc([nH]2)C1. The smallest absolute Gasteiger partial charge is 0.251 e. The van der Waals surface area contributed by atoms with Crippen molar-refractivity contribution in [2.75, 3.05) is 0 Å². The highest BCUT2D eigenvalue weighted by molar-refractivity contribution is 5.58. The third-order valence-corrected chi connectivity index (χ3v) is 1.33. The molecular weight excluding hydrogens is 100 g/mol. The maximum Gasteiger partial charge on any atom is 0.276 e. The highest BCUT2D eigenvalue weighted by Gasteiger charge is 2.05. The van der Waals surface area contributed by atoms with E-state index < -0.39 is 0 Å². The van der Waals surface area contributed by atoms with Crippen molar-refractivity contribution in [2.45, 2.75) is 6.42 Å². The highest BCUT2D eigenvalue weighted by atomic mass is 14.9. The second kappa shape index (κ2) is 1.22. The maximum atomic E-state index is 3.17. The van der Waals surface area contributed by atoms with Crippen LogP contribution in [0.15, 0.2) is 12.1 Å². The second-order valence-corrected chi connectivity index (χ2v) is 1.95. The van der Waals surface area contributed by atoms with E-state index in [1.165, 1.54) is 5.69 Å². The van der Waals surface area contributed by atoms with Crippen LogP contribution in [-0.4, -0.2) is 11.2 Å². The normalized spacial score (nSPS) is 14.5. The van der Waals surface area contributed by atoms with Crippen LogP contribution in [0.1, 0.15) is 5.69 Å². The summed E-state index contributed by atoms with van der Waals surface area (Å²) in [5.41, 5.74) is 1.29. The first-order valence-electron chi connectivity index (χ1n) is 2.71. The number of aromatic nitrogens is 1. The van der Waals surface area contributed by atoms with Crippen molar-refractivity contribution in [3.63, 3.8) is 0 Å². The fourth-order valence-corrected chi connectivity index (χ4v) is 0.914. The van der Waals surface area contributed by atoms with Crippen molar-refractivity contribution in [1.82, 2.24) is 4.98 Å². The summed E-state index contributed by atoms with van der Waals surface area (Å²) >= 11 is 0. The number of fused-ring (bicyclic) bond motifs is 2. The van der Waals surface area contributed by atoms with E-state index in [0.29, 0.717) is 0 Å². The molecule has 0 spiro atoms. The molecule has 0 atom stereocenters. The number of hydrogen-bond acceptors (Lipinski definition) is 0. The van der Waals surface area contributed by atoms with Gasteiger partial charge in [-0.05, 0) is 6.07 Å². The molecule has 2 nitrogen and oxygen atoms in total. The van der Waals surface area contributed by atoms with E-state index in [1.807, 2.05) is 12.3 Å². The van der Waals surface area contributed by atoms with Crippen LogP contribution in [0.5, 0.6) is 0 Å². The molecule has 0 aliphatic carbocycles. The van der Waals surface area contributed by atoms with Gasteiger partial charge in [-0.1, -0.05) is 0 Å². The Bertz CT molecular complexity index is 222. The van der Waals surface area contributed by atoms with Gasteiger partial charge in [-0.3, -0.25) is 4.99 Å². The van der Waals surface area contributed by atoms with E-state index in [4.69, 9.17) is 0 Å². The van der Waals surface area contributed by atoms with Crippen molar-refractivity contribution in [1.29, 1.82) is 0 Å². The minimum Gasteiger partial charge on any atom is -0.251 e. The number of rotatable bonds is 0. The largest absolute Gasteiger partial charge is 0.276 e. The maximum absolute atomic E-state index is 3.17. The molecule has 2 heteroatoms. The van der Waals surface area contributed by atoms with Crippen molar-refractivity contribution < 1.29 is 4.99 Å². The highest BCUT2D eigenvalue weighted by Crippen LogP contribution is 2.02. The quantitative estimate of drug-likeness (QED) is 0.441. The zero-order chi connectivity index (χ0) is 5.40. The summed E-state index contributed by atoms with van der Waals surface area (Å²) in [6.07, 6.45) is 3.06. The summed E-state index contributed by atoms with van der Waals surface area (Å²) in [7, 11) is 0. The molecule has 0 unspecified atom stereocenters. The standard InChI is InChI=1S/C6H6N2/c1-2-6-7-4-3-5(1)8-6/h1-2,4,8H,3H2/p+1. The van der Waals surface area contributed by atoms with Crippen LogP contribution in [0.2, 0.25) is 0 Å². The predicted octanol–water partition coefficient (Wildman–Crippen LogP) is -0.646. The summed E-state index contributed by atoms with van der Waals surface area (Å²) in [4.78, 5) is 6.25. The van der Waals surface area contributed by atoms with Gasteiger partial charge in [0.2, 0.25) is 0 Å². The van der Waals surface area contributed by atoms with Crippen LogP contribution >= 0.6 is 0 Å². The van der Waals surface area contributed by atoms with Crippen molar-refractivity contribution in [2.24, 2.45) is 0 Å². The van der Waals surface area contributed by atoms with Gasteiger partial charge in [0.15, 0.2) is 0 Å². The summed E-state index contributed by atoms with van der Waals surface area (Å²) in [6, 6.07) is 4.13. The molecule has 0 saturated carbocycles. The summed E-state index contributed by atoms with van der Waals surface area (Å²) in [6.45, 7) is 0. The lowest BCUT2D eigenvalue weighted by Crippen LogP contribution is -2.63. The molecule has 1 aromatic rings. The molecule has 40 valence electrons. The van der Waals surface area contributed by atoms with Gasteiger partial charge in [-0.15, -0.1) is 0 Å². The Morgan fingerprint density at radius 2 is 2.50 bits per heavy atom. The molecule has 1 aliphatic rings. The Labute approximate surface area is 47.3 Å². The van der Waals surface area contributed by atoms with Gasteiger partial charge in [0.1, 0.15) is 5.69 Å². The minimum absolute atomic E-state index is 1.01. The molecule has 1 aromatic heterocycles. The van der Waals surface area contributed by atoms with Crippen molar-refractivity contribution in [3.05, 3.63) is 17.8 Å². The number of nitrogens with one attached hydrogen (secondary N) is 2. The number of hydrogen-bond donors (Lipinski definition) is 2. The van der Waals surface area contributed by atoms with Crippen LogP contribution < -0.4 is 4.99 Å². The topological polar surface area (TPSA) is 29.8 Å². The molecule has 0 fully saturated rings. The van der Waals surface area contributed by atoms with Gasteiger partial charge in [-0.2, -0.15) is 0 Å². The summed E-state index contributed by atoms with van der Waals surface area (Å²) in [5, 5.41) is 0. The average Bonchev–Trinajstić information content (AvgIpc) is 2.12. The summed E-state index contributed by atoms with van der Waals surface area (Å²) in [5.74, 6) is 1.10. The minimum atomic E-state index is 1.01. The monoisotopic (exact) mass is 107 g/mol. The molecular formula is C6H7N2+. The number of aromatic amines is 1. The first-order chi connectivity index (χ1) is 3.95.